The molecule has 1 aliphatic heterocycles. The summed E-state index contributed by atoms with van der Waals surface area (Å²) >= 11 is 0. The maximum Gasteiger partial charge on any atom is 0.0136 e. The maximum absolute atomic E-state index is 3.69. The molecule has 0 bridgehead atoms. The van der Waals surface area contributed by atoms with Crippen molar-refractivity contribution < 1.29 is 0 Å². The lowest BCUT2D eigenvalue weighted by Gasteiger charge is -2.48. The van der Waals surface area contributed by atoms with Gasteiger partial charge in [-0.15, -0.1) is 0 Å². The zero-order chi connectivity index (χ0) is 14.8. The third-order valence-electron chi connectivity index (χ3n) is 5.38. The van der Waals surface area contributed by atoms with Crippen LogP contribution in [-0.2, 0) is 0 Å². The van der Waals surface area contributed by atoms with Gasteiger partial charge < -0.3 is 15.1 Å². The first-order valence-electron chi connectivity index (χ1n) is 8.60. The van der Waals surface area contributed by atoms with Crippen molar-refractivity contribution in [3.63, 3.8) is 0 Å². The molecular weight excluding hydrogens is 246 g/mol. The van der Waals surface area contributed by atoms with Crippen molar-refractivity contribution >= 4 is 0 Å². The predicted molar refractivity (Wildman–Crippen MR) is 87.2 cm³/mol. The molecule has 2 atom stereocenters. The predicted octanol–water partition coefficient (Wildman–Crippen LogP) is 2.57. The molecule has 1 aliphatic carbocycles. The van der Waals surface area contributed by atoms with Crippen molar-refractivity contribution in [1.82, 2.24) is 15.1 Å². The largest absolute Gasteiger partial charge is 0.312 e. The number of nitrogens with one attached hydrogen (secondary N) is 1. The number of likely N-dealkylation sites (tertiary alicyclic amines) is 1. The Kier molecular flexibility index (Phi) is 5.49. The molecule has 2 fully saturated rings. The smallest absolute Gasteiger partial charge is 0.0136 e. The van der Waals surface area contributed by atoms with Gasteiger partial charge in [-0.1, -0.05) is 6.92 Å². The molecule has 0 radical (unpaired) electrons. The van der Waals surface area contributed by atoms with Gasteiger partial charge in [0.1, 0.15) is 0 Å². The number of nitrogens with zero attached hydrogens (tertiary/aromatic N) is 2. The van der Waals surface area contributed by atoms with Crippen molar-refractivity contribution in [3.8, 4) is 0 Å². The van der Waals surface area contributed by atoms with Gasteiger partial charge in [0.25, 0.3) is 0 Å². The van der Waals surface area contributed by atoms with Crippen LogP contribution in [0.4, 0.5) is 0 Å². The lowest BCUT2D eigenvalue weighted by Crippen LogP contribution is -2.56. The molecule has 3 heteroatoms. The second-order valence-corrected chi connectivity index (χ2v) is 7.87. The summed E-state index contributed by atoms with van der Waals surface area (Å²) in [5.41, 5.74) is 0.255. The first kappa shape index (κ1) is 16.3. The highest BCUT2D eigenvalue weighted by molar-refractivity contribution is 4.93. The Morgan fingerprint density at radius 1 is 1.10 bits per heavy atom. The Morgan fingerprint density at radius 2 is 1.75 bits per heavy atom. The van der Waals surface area contributed by atoms with Crippen molar-refractivity contribution in [1.29, 1.82) is 0 Å². The highest BCUT2D eigenvalue weighted by atomic mass is 15.2. The molecule has 0 spiro atoms. The SMILES string of the molecule is CCN1CCC(N(C)C2CCC2CNC(C)(C)C)CC1. The van der Waals surface area contributed by atoms with Crippen LogP contribution in [0.15, 0.2) is 0 Å². The monoisotopic (exact) mass is 281 g/mol. The third kappa shape index (κ3) is 4.19. The van der Waals surface area contributed by atoms with E-state index in [0.717, 1.165) is 18.0 Å². The molecule has 1 saturated heterocycles. The molecule has 20 heavy (non-hydrogen) atoms. The van der Waals surface area contributed by atoms with Crippen LogP contribution in [0.25, 0.3) is 0 Å². The zero-order valence-electron chi connectivity index (χ0n) is 14.3. The van der Waals surface area contributed by atoms with E-state index in [2.05, 4.69) is 49.9 Å². The van der Waals surface area contributed by atoms with Crippen LogP contribution in [-0.4, -0.2) is 60.6 Å². The summed E-state index contributed by atoms with van der Waals surface area (Å²) in [7, 11) is 2.38. The minimum Gasteiger partial charge on any atom is -0.312 e. The summed E-state index contributed by atoms with van der Waals surface area (Å²) in [4.78, 5) is 5.30. The van der Waals surface area contributed by atoms with Crippen molar-refractivity contribution in [2.75, 3.05) is 33.2 Å². The molecular formula is C17H35N3. The summed E-state index contributed by atoms with van der Waals surface area (Å²) in [6.45, 7) is 14.1. The quantitative estimate of drug-likeness (QED) is 0.835. The molecule has 0 aromatic heterocycles. The van der Waals surface area contributed by atoms with Crippen LogP contribution in [0.1, 0.15) is 53.4 Å². The Labute approximate surface area is 126 Å². The van der Waals surface area contributed by atoms with E-state index in [4.69, 9.17) is 0 Å². The van der Waals surface area contributed by atoms with E-state index >= 15 is 0 Å². The van der Waals surface area contributed by atoms with E-state index in [1.807, 2.05) is 0 Å². The van der Waals surface area contributed by atoms with Gasteiger partial charge in [-0.25, -0.2) is 0 Å². The lowest BCUT2D eigenvalue weighted by molar-refractivity contribution is 0.0218. The average molecular weight is 281 g/mol. The molecule has 0 aromatic carbocycles. The van der Waals surface area contributed by atoms with E-state index < -0.39 is 0 Å². The van der Waals surface area contributed by atoms with E-state index in [1.165, 1.54) is 51.9 Å². The molecule has 2 aliphatic rings. The van der Waals surface area contributed by atoms with E-state index in [1.54, 1.807) is 0 Å². The Balaban J connectivity index is 1.76. The molecule has 1 saturated carbocycles. The highest BCUT2D eigenvalue weighted by Crippen LogP contribution is 2.34. The number of rotatable bonds is 5. The molecule has 0 amide bonds. The fraction of sp³-hybridized carbons (Fsp3) is 1.00. The minimum atomic E-state index is 0.255. The minimum absolute atomic E-state index is 0.255. The summed E-state index contributed by atoms with van der Waals surface area (Å²) in [5, 5.41) is 3.69. The zero-order valence-corrected chi connectivity index (χ0v) is 14.3. The maximum atomic E-state index is 3.69. The van der Waals surface area contributed by atoms with Gasteiger partial charge in [0.15, 0.2) is 0 Å². The van der Waals surface area contributed by atoms with E-state index in [0.29, 0.717) is 0 Å². The van der Waals surface area contributed by atoms with Crippen LogP contribution in [0, 0.1) is 5.92 Å². The van der Waals surface area contributed by atoms with Crippen LogP contribution in [0.5, 0.6) is 0 Å². The van der Waals surface area contributed by atoms with Gasteiger partial charge in [0, 0.05) is 17.6 Å². The second kappa shape index (κ2) is 6.76. The van der Waals surface area contributed by atoms with Gasteiger partial charge in [0.05, 0.1) is 0 Å². The first-order valence-corrected chi connectivity index (χ1v) is 8.60. The fourth-order valence-electron chi connectivity index (χ4n) is 3.68. The molecule has 3 nitrogen and oxygen atoms in total. The van der Waals surface area contributed by atoms with Gasteiger partial charge in [-0.3, -0.25) is 0 Å². The van der Waals surface area contributed by atoms with Crippen LogP contribution < -0.4 is 5.32 Å². The molecule has 1 heterocycles. The first-order chi connectivity index (χ1) is 9.40. The molecule has 118 valence electrons. The van der Waals surface area contributed by atoms with Crippen molar-refractivity contribution in [2.24, 2.45) is 5.92 Å². The number of hydrogen-bond donors (Lipinski definition) is 1. The Hall–Kier alpha value is -0.120. The molecule has 2 unspecified atom stereocenters. The molecule has 2 rings (SSSR count). The Morgan fingerprint density at radius 3 is 2.20 bits per heavy atom. The standard InChI is InChI=1S/C17H35N3/c1-6-20-11-9-15(10-12-20)19(5)16-8-7-14(16)13-18-17(2,3)4/h14-16,18H,6-13H2,1-5H3. The summed E-state index contributed by atoms with van der Waals surface area (Å²) in [6.07, 6.45) is 5.54. The number of piperidine rings is 1. The van der Waals surface area contributed by atoms with Gasteiger partial charge in [-0.05, 0) is 85.6 Å². The van der Waals surface area contributed by atoms with Gasteiger partial charge in [-0.2, -0.15) is 0 Å². The summed E-state index contributed by atoms with van der Waals surface area (Å²) in [5.74, 6) is 0.864. The molecule has 0 aromatic rings. The lowest BCUT2D eigenvalue weighted by atomic mass is 9.77. The number of hydrogen-bond acceptors (Lipinski definition) is 3. The highest BCUT2D eigenvalue weighted by Gasteiger charge is 2.37. The average Bonchev–Trinajstić information content (AvgIpc) is 2.36. The van der Waals surface area contributed by atoms with Gasteiger partial charge >= 0.3 is 0 Å². The molecule has 1 N–H and O–H groups in total. The van der Waals surface area contributed by atoms with Crippen molar-refractivity contribution in [2.45, 2.75) is 71.0 Å². The van der Waals surface area contributed by atoms with Gasteiger partial charge in [0.2, 0.25) is 0 Å². The van der Waals surface area contributed by atoms with Crippen LogP contribution in [0.2, 0.25) is 0 Å². The third-order valence-corrected chi connectivity index (χ3v) is 5.38. The van der Waals surface area contributed by atoms with Crippen molar-refractivity contribution in [3.05, 3.63) is 0 Å². The Bertz CT molecular complexity index is 289. The van der Waals surface area contributed by atoms with Crippen LogP contribution >= 0.6 is 0 Å². The topological polar surface area (TPSA) is 18.5 Å². The second-order valence-electron chi connectivity index (χ2n) is 7.87. The summed E-state index contributed by atoms with van der Waals surface area (Å²) < 4.78 is 0. The summed E-state index contributed by atoms with van der Waals surface area (Å²) in [6, 6.07) is 1.64. The van der Waals surface area contributed by atoms with E-state index in [-0.39, 0.29) is 5.54 Å². The van der Waals surface area contributed by atoms with Crippen LogP contribution in [0.3, 0.4) is 0 Å². The normalized spacial score (nSPS) is 29.7. The van der Waals surface area contributed by atoms with E-state index in [9.17, 15) is 0 Å². The fourth-order valence-corrected chi connectivity index (χ4v) is 3.68.